The van der Waals surface area contributed by atoms with Gasteiger partial charge in [-0.15, -0.1) is 0 Å². The van der Waals surface area contributed by atoms with Gasteiger partial charge in [-0.1, -0.05) is 50.2 Å². The summed E-state index contributed by atoms with van der Waals surface area (Å²) in [5.41, 5.74) is 2.51. The number of para-hydroxylation sites is 1. The van der Waals surface area contributed by atoms with Gasteiger partial charge in [0.15, 0.2) is 5.82 Å². The highest BCUT2D eigenvalue weighted by molar-refractivity contribution is 6.33. The smallest absolute Gasteiger partial charge is 0.246 e. The minimum Gasteiger partial charge on any atom is -0.355 e. The van der Waals surface area contributed by atoms with Gasteiger partial charge in [0.1, 0.15) is 11.7 Å². The Balaban J connectivity index is 1.84. The SMILES string of the molecule is C=CC(=O)N1CCN(C(=NC)c2cc(Cl)c(N3CCCC3)nc2N(C=O)c2ccccc2C(C)C)C(C)C1. The third kappa shape index (κ3) is 5.41. The molecule has 1 aromatic carbocycles. The second-order valence-electron chi connectivity index (χ2n) is 10.1. The third-order valence-electron chi connectivity index (χ3n) is 7.33. The molecule has 202 valence electrons. The van der Waals surface area contributed by atoms with E-state index in [4.69, 9.17) is 16.6 Å². The Labute approximate surface area is 230 Å². The molecule has 0 N–H and O–H groups in total. The van der Waals surface area contributed by atoms with Crippen LogP contribution in [-0.4, -0.2) is 78.7 Å². The van der Waals surface area contributed by atoms with E-state index in [0.29, 0.717) is 47.7 Å². The average molecular weight is 537 g/mol. The van der Waals surface area contributed by atoms with Crippen molar-refractivity contribution in [3.05, 3.63) is 59.1 Å². The molecule has 4 rings (SSSR count). The fourth-order valence-corrected chi connectivity index (χ4v) is 5.66. The van der Waals surface area contributed by atoms with Crippen LogP contribution in [0.4, 0.5) is 17.3 Å². The van der Waals surface area contributed by atoms with Crippen molar-refractivity contribution < 1.29 is 9.59 Å². The Morgan fingerprint density at radius 2 is 1.92 bits per heavy atom. The number of hydrogen-bond donors (Lipinski definition) is 0. The molecule has 1 atom stereocenters. The molecule has 3 heterocycles. The van der Waals surface area contributed by atoms with Crippen LogP contribution in [0.2, 0.25) is 5.02 Å². The van der Waals surface area contributed by atoms with Gasteiger partial charge in [-0.25, -0.2) is 4.98 Å². The Kier molecular flexibility index (Phi) is 8.72. The predicted molar refractivity (Wildman–Crippen MR) is 155 cm³/mol. The van der Waals surface area contributed by atoms with E-state index in [-0.39, 0.29) is 17.9 Å². The molecule has 0 bridgehead atoms. The van der Waals surface area contributed by atoms with Gasteiger partial charge in [-0.05, 0) is 49.5 Å². The number of halogens is 1. The fraction of sp³-hybridized carbons (Fsp3) is 0.448. The number of pyridine rings is 1. The molecule has 0 saturated carbocycles. The third-order valence-corrected chi connectivity index (χ3v) is 7.61. The van der Waals surface area contributed by atoms with Crippen molar-refractivity contribution >= 4 is 47.1 Å². The predicted octanol–water partition coefficient (Wildman–Crippen LogP) is 4.85. The van der Waals surface area contributed by atoms with Crippen LogP contribution in [0.1, 0.15) is 50.7 Å². The number of rotatable bonds is 7. The quantitative estimate of drug-likeness (QED) is 0.219. The van der Waals surface area contributed by atoms with E-state index in [0.717, 1.165) is 43.6 Å². The summed E-state index contributed by atoms with van der Waals surface area (Å²) >= 11 is 6.87. The summed E-state index contributed by atoms with van der Waals surface area (Å²) in [6.45, 7) is 13.3. The Morgan fingerprint density at radius 3 is 2.53 bits per heavy atom. The van der Waals surface area contributed by atoms with Gasteiger partial charge >= 0.3 is 0 Å². The van der Waals surface area contributed by atoms with Crippen molar-refractivity contribution in [1.29, 1.82) is 0 Å². The summed E-state index contributed by atoms with van der Waals surface area (Å²) < 4.78 is 0. The monoisotopic (exact) mass is 536 g/mol. The number of hydrogen-bond acceptors (Lipinski definition) is 5. The molecular weight excluding hydrogens is 500 g/mol. The van der Waals surface area contributed by atoms with E-state index in [1.54, 1.807) is 16.8 Å². The number of nitrogens with zero attached hydrogens (tertiary/aromatic N) is 6. The highest BCUT2D eigenvalue weighted by atomic mass is 35.5. The molecule has 9 heteroatoms. The molecular formula is C29H37ClN6O2. The van der Waals surface area contributed by atoms with Gasteiger partial charge in [0.05, 0.1) is 16.3 Å². The molecule has 0 spiro atoms. The molecule has 2 aliphatic heterocycles. The van der Waals surface area contributed by atoms with Gasteiger partial charge in [0.2, 0.25) is 12.3 Å². The lowest BCUT2D eigenvalue weighted by Crippen LogP contribution is -2.55. The first-order valence-electron chi connectivity index (χ1n) is 13.2. The first-order chi connectivity index (χ1) is 18.3. The van der Waals surface area contributed by atoms with Gasteiger partial charge in [-0.2, -0.15) is 0 Å². The summed E-state index contributed by atoms with van der Waals surface area (Å²) in [7, 11) is 1.74. The number of aliphatic imine (C=N–C) groups is 1. The normalized spacial score (nSPS) is 18.2. The van der Waals surface area contributed by atoms with Gasteiger partial charge in [0.25, 0.3) is 0 Å². The zero-order chi connectivity index (χ0) is 27.4. The zero-order valence-corrected chi connectivity index (χ0v) is 23.5. The van der Waals surface area contributed by atoms with Crippen molar-refractivity contribution in [2.45, 2.75) is 45.6 Å². The van der Waals surface area contributed by atoms with Crippen LogP contribution in [0.3, 0.4) is 0 Å². The molecule has 2 amide bonds. The first kappa shape index (κ1) is 27.6. The van der Waals surface area contributed by atoms with Crippen LogP contribution >= 0.6 is 11.6 Å². The van der Waals surface area contributed by atoms with Crippen LogP contribution in [-0.2, 0) is 9.59 Å². The largest absolute Gasteiger partial charge is 0.355 e. The topological polar surface area (TPSA) is 72.4 Å². The lowest BCUT2D eigenvalue weighted by molar-refractivity contribution is -0.128. The number of piperazine rings is 1. The second kappa shape index (κ2) is 12.0. The van der Waals surface area contributed by atoms with Crippen LogP contribution < -0.4 is 9.80 Å². The number of carbonyl (C=O) groups is 2. The molecule has 0 aliphatic carbocycles. The molecule has 8 nitrogen and oxygen atoms in total. The van der Waals surface area contributed by atoms with Crippen molar-refractivity contribution in [3.8, 4) is 0 Å². The maximum Gasteiger partial charge on any atom is 0.246 e. The van der Waals surface area contributed by atoms with E-state index in [9.17, 15) is 9.59 Å². The molecule has 2 saturated heterocycles. The summed E-state index contributed by atoms with van der Waals surface area (Å²) in [4.78, 5) is 42.5. The molecule has 0 radical (unpaired) electrons. The number of benzene rings is 1. The Bertz CT molecular complexity index is 1220. The van der Waals surface area contributed by atoms with Crippen LogP contribution in [0.5, 0.6) is 0 Å². The van der Waals surface area contributed by atoms with E-state index in [1.165, 1.54) is 6.08 Å². The van der Waals surface area contributed by atoms with Crippen molar-refractivity contribution in [1.82, 2.24) is 14.8 Å². The summed E-state index contributed by atoms with van der Waals surface area (Å²) in [5, 5.41) is 0.530. The lowest BCUT2D eigenvalue weighted by Gasteiger charge is -2.41. The van der Waals surface area contributed by atoms with Crippen molar-refractivity contribution in [2.24, 2.45) is 4.99 Å². The molecule has 1 aromatic heterocycles. The first-order valence-corrected chi connectivity index (χ1v) is 13.6. The number of amidine groups is 1. The number of aromatic nitrogens is 1. The molecule has 2 aromatic rings. The maximum absolute atomic E-state index is 12.8. The Morgan fingerprint density at radius 1 is 1.21 bits per heavy atom. The zero-order valence-electron chi connectivity index (χ0n) is 22.7. The highest BCUT2D eigenvalue weighted by Gasteiger charge is 2.32. The van der Waals surface area contributed by atoms with Gasteiger partial charge in [0, 0.05) is 45.8 Å². The van der Waals surface area contributed by atoms with Gasteiger partial charge in [-0.3, -0.25) is 19.5 Å². The minimum absolute atomic E-state index is 0.0103. The van der Waals surface area contributed by atoms with Crippen LogP contribution in [0, 0.1) is 0 Å². The van der Waals surface area contributed by atoms with E-state index < -0.39 is 0 Å². The molecule has 38 heavy (non-hydrogen) atoms. The Hall–Kier alpha value is -3.39. The highest BCUT2D eigenvalue weighted by Crippen LogP contribution is 2.38. The standard InChI is InChI=1S/C29H37ClN6O2/c1-6-26(38)34-15-16-35(21(4)18-34)27(31-5)23-17-24(30)29(33-13-9-10-14-33)32-28(23)36(19-37)25-12-8-7-11-22(25)20(2)3/h6-8,11-12,17,19-21H,1,9-10,13-16,18H2,2-5H3. The molecule has 1 unspecified atom stereocenters. The van der Waals surface area contributed by atoms with Crippen molar-refractivity contribution in [3.63, 3.8) is 0 Å². The summed E-state index contributed by atoms with van der Waals surface area (Å²) in [6, 6.07) is 9.79. The second-order valence-corrected chi connectivity index (χ2v) is 10.5. The van der Waals surface area contributed by atoms with Gasteiger partial charge < -0.3 is 14.7 Å². The van der Waals surface area contributed by atoms with Crippen LogP contribution in [0.25, 0.3) is 0 Å². The minimum atomic E-state index is -0.0794. The van der Waals surface area contributed by atoms with Crippen molar-refractivity contribution in [2.75, 3.05) is 49.6 Å². The average Bonchev–Trinajstić information content (AvgIpc) is 3.46. The van der Waals surface area contributed by atoms with Crippen LogP contribution in [0.15, 0.2) is 48.0 Å². The van der Waals surface area contributed by atoms with E-state index in [2.05, 4.69) is 42.1 Å². The molecule has 2 fully saturated rings. The fourth-order valence-electron chi connectivity index (χ4n) is 5.39. The summed E-state index contributed by atoms with van der Waals surface area (Å²) in [5.74, 6) is 1.99. The molecule has 2 aliphatic rings. The van der Waals surface area contributed by atoms with E-state index in [1.807, 2.05) is 30.3 Å². The lowest BCUT2D eigenvalue weighted by atomic mass is 10.00. The van der Waals surface area contributed by atoms with E-state index >= 15 is 0 Å². The number of amides is 2. The maximum atomic E-state index is 12.8. The number of carbonyl (C=O) groups excluding carboxylic acids is 2. The summed E-state index contributed by atoms with van der Waals surface area (Å²) in [6.07, 6.45) is 4.33. The number of anilines is 3.